The fourth-order valence-electron chi connectivity index (χ4n) is 3.72. The molecule has 3 rings (SSSR count). The highest BCUT2D eigenvalue weighted by atomic mass is 35.5. The summed E-state index contributed by atoms with van der Waals surface area (Å²) >= 11 is 5.96. The molecular weight excluding hydrogens is 338 g/mol. The van der Waals surface area contributed by atoms with Crippen molar-refractivity contribution in [3.63, 3.8) is 0 Å². The van der Waals surface area contributed by atoms with E-state index in [0.29, 0.717) is 10.7 Å². The maximum absolute atomic E-state index is 12.1. The van der Waals surface area contributed by atoms with Gasteiger partial charge in [-0.3, -0.25) is 9.59 Å². The number of halogens is 1. The normalized spacial score (nSPS) is 33.4. The van der Waals surface area contributed by atoms with Gasteiger partial charge in [0.05, 0.1) is 16.6 Å². The van der Waals surface area contributed by atoms with E-state index in [1.54, 1.807) is 24.3 Å². The number of carboxylic acid groups (broad SMARTS) is 2. The van der Waals surface area contributed by atoms with Gasteiger partial charge in [-0.15, -0.1) is 0 Å². The topological polar surface area (TPSA) is 142 Å². The Labute approximate surface area is 142 Å². The summed E-state index contributed by atoms with van der Waals surface area (Å²) in [4.78, 5) is 34.8. The first-order chi connectivity index (χ1) is 11.3. The van der Waals surface area contributed by atoms with E-state index in [-0.39, 0.29) is 6.42 Å². The molecule has 2 aliphatic carbocycles. The number of carboxylic acids is 2. The molecule has 0 aliphatic heterocycles. The Morgan fingerprint density at radius 3 is 2.50 bits per heavy atom. The van der Waals surface area contributed by atoms with Crippen molar-refractivity contribution in [2.75, 3.05) is 5.32 Å². The van der Waals surface area contributed by atoms with Crippen LogP contribution < -0.4 is 16.4 Å². The Hall–Kier alpha value is -2.32. The number of carbonyl (C=O) groups excluding carboxylic acids is 1. The number of fused-ring (bicyclic) bond motifs is 1. The SMILES string of the molecule is N[C@]1(C(=O)O)C[C@@H](NC(=O)Nc2ccccc2Cl)[C@@H]2[C@@H](C(=O)O)[C@H]21. The summed E-state index contributed by atoms with van der Waals surface area (Å²) in [6.07, 6.45) is -0.0165. The molecule has 0 saturated heterocycles. The summed E-state index contributed by atoms with van der Waals surface area (Å²) in [5.74, 6) is -4.37. The van der Waals surface area contributed by atoms with E-state index in [4.69, 9.17) is 17.3 Å². The Balaban J connectivity index is 1.71. The Bertz CT molecular complexity index is 727. The van der Waals surface area contributed by atoms with Crippen LogP contribution >= 0.6 is 11.6 Å². The molecule has 24 heavy (non-hydrogen) atoms. The van der Waals surface area contributed by atoms with Crippen LogP contribution in [0.5, 0.6) is 0 Å². The lowest BCUT2D eigenvalue weighted by Crippen LogP contribution is -2.52. The molecule has 9 heteroatoms. The third-order valence-corrected chi connectivity index (χ3v) is 5.14. The molecule has 0 aromatic heterocycles. The number of para-hydroxylation sites is 1. The number of nitrogens with one attached hydrogen (secondary N) is 2. The number of urea groups is 1. The number of amides is 2. The zero-order valence-corrected chi connectivity index (χ0v) is 13.2. The van der Waals surface area contributed by atoms with E-state index in [2.05, 4.69) is 10.6 Å². The number of rotatable bonds is 4. The highest BCUT2D eigenvalue weighted by molar-refractivity contribution is 6.33. The van der Waals surface area contributed by atoms with Gasteiger partial charge in [0, 0.05) is 12.0 Å². The molecule has 1 aromatic rings. The minimum Gasteiger partial charge on any atom is -0.481 e. The van der Waals surface area contributed by atoms with Gasteiger partial charge < -0.3 is 26.6 Å². The first kappa shape index (κ1) is 16.5. The monoisotopic (exact) mass is 353 g/mol. The number of nitrogens with two attached hydrogens (primary N) is 1. The van der Waals surface area contributed by atoms with E-state index in [9.17, 15) is 24.6 Å². The number of hydrogen-bond donors (Lipinski definition) is 5. The molecule has 2 saturated carbocycles. The summed E-state index contributed by atoms with van der Waals surface area (Å²) in [7, 11) is 0. The molecule has 0 unspecified atom stereocenters. The maximum atomic E-state index is 12.1. The van der Waals surface area contributed by atoms with E-state index < -0.39 is 47.3 Å². The van der Waals surface area contributed by atoms with Gasteiger partial charge in [-0.25, -0.2) is 4.79 Å². The fourth-order valence-corrected chi connectivity index (χ4v) is 3.90. The van der Waals surface area contributed by atoms with Crippen LogP contribution in [0.1, 0.15) is 6.42 Å². The average molecular weight is 354 g/mol. The van der Waals surface area contributed by atoms with Crippen LogP contribution in [0.2, 0.25) is 5.02 Å². The number of aliphatic carboxylic acids is 2. The van der Waals surface area contributed by atoms with Gasteiger partial charge in [0.25, 0.3) is 0 Å². The van der Waals surface area contributed by atoms with Crippen molar-refractivity contribution in [3.8, 4) is 0 Å². The first-order valence-electron chi connectivity index (χ1n) is 7.33. The zero-order chi connectivity index (χ0) is 17.6. The molecule has 1 aromatic carbocycles. The second-order valence-electron chi connectivity index (χ2n) is 6.20. The van der Waals surface area contributed by atoms with E-state index in [1.165, 1.54) is 0 Å². The van der Waals surface area contributed by atoms with Crippen LogP contribution in [-0.4, -0.2) is 39.8 Å². The second kappa shape index (κ2) is 5.64. The molecule has 0 radical (unpaired) electrons. The van der Waals surface area contributed by atoms with Gasteiger partial charge >= 0.3 is 18.0 Å². The van der Waals surface area contributed by atoms with Crippen LogP contribution in [0.3, 0.4) is 0 Å². The molecule has 8 nitrogen and oxygen atoms in total. The predicted molar refractivity (Wildman–Crippen MR) is 84.7 cm³/mol. The molecule has 2 fully saturated rings. The lowest BCUT2D eigenvalue weighted by atomic mass is 9.90. The number of hydrogen-bond acceptors (Lipinski definition) is 4. The highest BCUT2D eigenvalue weighted by Crippen LogP contribution is 2.61. The van der Waals surface area contributed by atoms with Gasteiger partial charge in [-0.1, -0.05) is 23.7 Å². The number of benzene rings is 1. The lowest BCUT2D eigenvalue weighted by molar-refractivity contribution is -0.145. The molecule has 2 aliphatic rings. The molecular formula is C15H16ClN3O5. The molecule has 5 atom stereocenters. The van der Waals surface area contributed by atoms with Crippen molar-refractivity contribution in [2.45, 2.75) is 18.0 Å². The largest absolute Gasteiger partial charge is 0.481 e. The Morgan fingerprint density at radius 2 is 1.92 bits per heavy atom. The van der Waals surface area contributed by atoms with Crippen LogP contribution in [0.4, 0.5) is 10.5 Å². The first-order valence-corrected chi connectivity index (χ1v) is 7.70. The molecule has 0 bridgehead atoms. The zero-order valence-electron chi connectivity index (χ0n) is 12.4. The van der Waals surface area contributed by atoms with Crippen molar-refractivity contribution in [3.05, 3.63) is 29.3 Å². The smallest absolute Gasteiger partial charge is 0.324 e. The van der Waals surface area contributed by atoms with Crippen LogP contribution in [0.25, 0.3) is 0 Å². The van der Waals surface area contributed by atoms with Gasteiger partial charge in [-0.05, 0) is 24.5 Å². The maximum Gasteiger partial charge on any atom is 0.324 e. The Kier molecular flexibility index (Phi) is 3.89. The van der Waals surface area contributed by atoms with Crippen molar-refractivity contribution in [2.24, 2.45) is 23.5 Å². The van der Waals surface area contributed by atoms with Gasteiger partial charge in [-0.2, -0.15) is 0 Å². The minimum atomic E-state index is -1.64. The highest BCUT2D eigenvalue weighted by Gasteiger charge is 2.74. The number of carbonyl (C=O) groups is 3. The molecule has 128 valence electrons. The molecule has 0 spiro atoms. The standard InChI is InChI=1S/C15H16ClN3O5/c16-6-3-1-2-4-7(6)18-14(24)19-8-5-15(17,13(22)23)11-9(8)10(11)12(20)21/h1-4,8-11H,5,17H2,(H,20,21)(H,22,23)(H2,18,19,24)/t8-,9-,10-,11+,15-/m1/s1. The van der Waals surface area contributed by atoms with Crippen LogP contribution in [-0.2, 0) is 9.59 Å². The third kappa shape index (κ3) is 2.57. The summed E-state index contributed by atoms with van der Waals surface area (Å²) in [6, 6.07) is 5.42. The summed E-state index contributed by atoms with van der Waals surface area (Å²) < 4.78 is 0. The summed E-state index contributed by atoms with van der Waals surface area (Å²) in [5.41, 5.74) is 4.66. The van der Waals surface area contributed by atoms with E-state index in [0.717, 1.165) is 0 Å². The van der Waals surface area contributed by atoms with Crippen LogP contribution in [0.15, 0.2) is 24.3 Å². The quantitative estimate of drug-likeness (QED) is 0.546. The minimum absolute atomic E-state index is 0.0165. The third-order valence-electron chi connectivity index (χ3n) is 4.81. The van der Waals surface area contributed by atoms with Crippen molar-refractivity contribution in [1.29, 1.82) is 0 Å². The lowest BCUT2D eigenvalue weighted by Gasteiger charge is -2.25. The molecule has 0 heterocycles. The van der Waals surface area contributed by atoms with Crippen LogP contribution in [0, 0.1) is 17.8 Å². The predicted octanol–water partition coefficient (Wildman–Crippen LogP) is 0.963. The summed E-state index contributed by atoms with van der Waals surface area (Å²) in [5, 5.41) is 24.1. The number of anilines is 1. The van der Waals surface area contributed by atoms with Crippen molar-refractivity contribution < 1.29 is 24.6 Å². The average Bonchev–Trinajstić information content (AvgIpc) is 3.18. The van der Waals surface area contributed by atoms with E-state index in [1.807, 2.05) is 0 Å². The summed E-state index contributed by atoms with van der Waals surface area (Å²) in [6.45, 7) is 0. The molecule has 2 amide bonds. The Morgan fingerprint density at radius 1 is 1.25 bits per heavy atom. The van der Waals surface area contributed by atoms with Gasteiger partial charge in [0.15, 0.2) is 0 Å². The van der Waals surface area contributed by atoms with E-state index >= 15 is 0 Å². The van der Waals surface area contributed by atoms with Crippen molar-refractivity contribution >= 4 is 35.3 Å². The second-order valence-corrected chi connectivity index (χ2v) is 6.61. The fraction of sp³-hybridized carbons (Fsp3) is 0.400. The van der Waals surface area contributed by atoms with Gasteiger partial charge in [0.1, 0.15) is 5.54 Å². The van der Waals surface area contributed by atoms with Gasteiger partial charge in [0.2, 0.25) is 0 Å². The molecule has 6 N–H and O–H groups in total. The van der Waals surface area contributed by atoms with Crippen molar-refractivity contribution in [1.82, 2.24) is 5.32 Å².